The average Bonchev–Trinajstić information content (AvgIpc) is 3.43. The Morgan fingerprint density at radius 2 is 1.76 bits per heavy atom. The number of nitrogens with two attached hydrogens (primary N) is 1. The molecule has 1 aliphatic rings. The lowest BCUT2D eigenvalue weighted by atomic mass is 10.0. The summed E-state index contributed by atoms with van der Waals surface area (Å²) in [6.45, 7) is 0.462. The molecule has 1 aliphatic carbocycles. The lowest BCUT2D eigenvalue weighted by Gasteiger charge is -2.12. The second-order valence-corrected chi connectivity index (χ2v) is 6.40. The van der Waals surface area contributed by atoms with E-state index in [0.717, 1.165) is 29.2 Å². The molecule has 6 heteroatoms. The molecular formula is C19H24ClN3O2. The summed E-state index contributed by atoms with van der Waals surface area (Å²) in [6.07, 6.45) is 2.56. The molecule has 0 spiro atoms. The summed E-state index contributed by atoms with van der Waals surface area (Å²) in [6, 6.07) is 13.9. The Morgan fingerprint density at radius 1 is 1.04 bits per heavy atom. The van der Waals surface area contributed by atoms with Gasteiger partial charge in [-0.05, 0) is 35.1 Å². The molecule has 25 heavy (non-hydrogen) atoms. The van der Waals surface area contributed by atoms with Crippen LogP contribution in [0.15, 0.2) is 42.5 Å². The fraction of sp³-hybridized carbons (Fsp3) is 0.368. The maximum Gasteiger partial charge on any atom is 0.239 e. The van der Waals surface area contributed by atoms with Crippen LogP contribution in [0.2, 0.25) is 0 Å². The van der Waals surface area contributed by atoms with Crippen LogP contribution in [0.3, 0.4) is 0 Å². The summed E-state index contributed by atoms with van der Waals surface area (Å²) in [7, 11) is 0. The standard InChI is InChI=1S/C19H23N3O2.ClH/c20-17(14-8-9-14)11-21-19(24)12-22-18(23)10-15-6-3-5-13-4-1-2-7-16(13)15;/h1-7,14,17H,8-12,20H2,(H,21,24)(H,22,23);1H. The monoisotopic (exact) mass is 361 g/mol. The van der Waals surface area contributed by atoms with Crippen LogP contribution in [-0.2, 0) is 16.0 Å². The van der Waals surface area contributed by atoms with E-state index in [1.54, 1.807) is 0 Å². The molecule has 1 unspecified atom stereocenters. The molecule has 2 amide bonds. The van der Waals surface area contributed by atoms with Crippen LogP contribution in [0.1, 0.15) is 18.4 Å². The number of carbonyl (C=O) groups is 2. The van der Waals surface area contributed by atoms with Gasteiger partial charge < -0.3 is 16.4 Å². The molecule has 0 aliphatic heterocycles. The molecule has 0 aromatic heterocycles. The van der Waals surface area contributed by atoms with Crippen molar-refractivity contribution in [2.75, 3.05) is 13.1 Å². The first-order valence-corrected chi connectivity index (χ1v) is 8.39. The largest absolute Gasteiger partial charge is 0.353 e. The smallest absolute Gasteiger partial charge is 0.239 e. The van der Waals surface area contributed by atoms with E-state index in [2.05, 4.69) is 10.6 Å². The van der Waals surface area contributed by atoms with Gasteiger partial charge in [0.1, 0.15) is 0 Å². The minimum Gasteiger partial charge on any atom is -0.353 e. The maximum atomic E-state index is 12.1. The van der Waals surface area contributed by atoms with Gasteiger partial charge in [0.15, 0.2) is 0 Å². The molecule has 0 bridgehead atoms. The van der Waals surface area contributed by atoms with Gasteiger partial charge in [0.25, 0.3) is 0 Å². The van der Waals surface area contributed by atoms with Gasteiger partial charge in [-0.25, -0.2) is 0 Å². The second kappa shape index (κ2) is 8.83. The quantitative estimate of drug-likeness (QED) is 0.702. The number of hydrogen-bond donors (Lipinski definition) is 3. The number of halogens is 1. The third-order valence-electron chi connectivity index (χ3n) is 4.44. The molecular weight excluding hydrogens is 338 g/mol. The van der Waals surface area contributed by atoms with Crippen LogP contribution in [0.5, 0.6) is 0 Å². The van der Waals surface area contributed by atoms with Gasteiger partial charge in [0, 0.05) is 12.6 Å². The van der Waals surface area contributed by atoms with E-state index < -0.39 is 0 Å². The number of benzene rings is 2. The normalized spacial score (nSPS) is 14.4. The Bertz CT molecular complexity index is 741. The van der Waals surface area contributed by atoms with Crippen molar-refractivity contribution in [1.29, 1.82) is 0 Å². The van der Waals surface area contributed by atoms with Crippen LogP contribution in [0.25, 0.3) is 10.8 Å². The highest BCUT2D eigenvalue weighted by molar-refractivity contribution is 5.91. The van der Waals surface area contributed by atoms with Gasteiger partial charge in [-0.1, -0.05) is 42.5 Å². The number of hydrogen-bond acceptors (Lipinski definition) is 3. The summed E-state index contributed by atoms with van der Waals surface area (Å²) < 4.78 is 0. The molecule has 1 fully saturated rings. The Morgan fingerprint density at radius 3 is 2.52 bits per heavy atom. The first kappa shape index (κ1) is 19.2. The third-order valence-corrected chi connectivity index (χ3v) is 4.44. The van der Waals surface area contributed by atoms with Crippen molar-refractivity contribution >= 4 is 35.0 Å². The molecule has 1 atom stereocenters. The number of carbonyl (C=O) groups excluding carboxylic acids is 2. The van der Waals surface area contributed by atoms with E-state index in [1.165, 1.54) is 0 Å². The van der Waals surface area contributed by atoms with E-state index in [0.29, 0.717) is 12.5 Å². The highest BCUT2D eigenvalue weighted by atomic mass is 35.5. The van der Waals surface area contributed by atoms with Crippen LogP contribution in [-0.4, -0.2) is 30.9 Å². The van der Waals surface area contributed by atoms with E-state index in [-0.39, 0.29) is 43.2 Å². The summed E-state index contributed by atoms with van der Waals surface area (Å²) in [5.74, 6) is 0.191. The topological polar surface area (TPSA) is 84.2 Å². The van der Waals surface area contributed by atoms with Crippen molar-refractivity contribution in [3.8, 4) is 0 Å². The number of fused-ring (bicyclic) bond motifs is 1. The predicted octanol–water partition coefficient (Wildman–Crippen LogP) is 1.77. The Labute approximate surface area is 153 Å². The summed E-state index contributed by atoms with van der Waals surface area (Å²) in [5.41, 5.74) is 6.90. The number of nitrogens with one attached hydrogen (secondary N) is 2. The van der Waals surface area contributed by atoms with Crippen LogP contribution >= 0.6 is 12.4 Å². The fourth-order valence-electron chi connectivity index (χ4n) is 2.85. The van der Waals surface area contributed by atoms with Crippen molar-refractivity contribution in [2.45, 2.75) is 25.3 Å². The van der Waals surface area contributed by atoms with Gasteiger partial charge in [-0.3, -0.25) is 9.59 Å². The zero-order valence-electron chi connectivity index (χ0n) is 14.0. The van der Waals surface area contributed by atoms with Crippen molar-refractivity contribution < 1.29 is 9.59 Å². The van der Waals surface area contributed by atoms with Crippen molar-refractivity contribution in [1.82, 2.24) is 10.6 Å². The molecule has 2 aromatic rings. The van der Waals surface area contributed by atoms with Crippen LogP contribution in [0.4, 0.5) is 0 Å². The highest BCUT2D eigenvalue weighted by Gasteiger charge is 2.28. The minimum atomic E-state index is -0.197. The molecule has 3 rings (SSSR count). The van der Waals surface area contributed by atoms with E-state index in [9.17, 15) is 9.59 Å². The molecule has 5 nitrogen and oxygen atoms in total. The first-order chi connectivity index (χ1) is 11.6. The minimum absolute atomic E-state index is 0. The van der Waals surface area contributed by atoms with Crippen molar-refractivity contribution in [3.05, 3.63) is 48.0 Å². The van der Waals surface area contributed by atoms with E-state index in [1.807, 2.05) is 42.5 Å². The summed E-state index contributed by atoms with van der Waals surface area (Å²) in [4.78, 5) is 23.9. The van der Waals surface area contributed by atoms with Gasteiger partial charge in [0.2, 0.25) is 11.8 Å². The summed E-state index contributed by atoms with van der Waals surface area (Å²) in [5, 5.41) is 7.62. The van der Waals surface area contributed by atoms with Gasteiger partial charge in [-0.15, -0.1) is 12.4 Å². The summed E-state index contributed by atoms with van der Waals surface area (Å²) >= 11 is 0. The zero-order chi connectivity index (χ0) is 16.9. The molecule has 1 saturated carbocycles. The second-order valence-electron chi connectivity index (χ2n) is 6.40. The number of amides is 2. The molecule has 4 N–H and O–H groups in total. The van der Waals surface area contributed by atoms with Crippen molar-refractivity contribution in [3.63, 3.8) is 0 Å². The number of rotatable bonds is 7. The average molecular weight is 362 g/mol. The highest BCUT2D eigenvalue weighted by Crippen LogP contribution is 2.31. The van der Waals surface area contributed by atoms with E-state index >= 15 is 0 Å². The molecule has 0 heterocycles. The SMILES string of the molecule is Cl.NC(CNC(=O)CNC(=O)Cc1cccc2ccccc12)C1CC1. The van der Waals surface area contributed by atoms with Crippen molar-refractivity contribution in [2.24, 2.45) is 11.7 Å². The van der Waals surface area contributed by atoms with Gasteiger partial charge in [0.05, 0.1) is 13.0 Å². The molecule has 0 radical (unpaired) electrons. The lowest BCUT2D eigenvalue weighted by molar-refractivity contribution is -0.125. The maximum absolute atomic E-state index is 12.1. The van der Waals surface area contributed by atoms with Crippen LogP contribution < -0.4 is 16.4 Å². The Balaban J connectivity index is 0.00000225. The van der Waals surface area contributed by atoms with Gasteiger partial charge in [-0.2, -0.15) is 0 Å². The van der Waals surface area contributed by atoms with Crippen LogP contribution in [0, 0.1) is 5.92 Å². The van der Waals surface area contributed by atoms with E-state index in [4.69, 9.17) is 5.73 Å². The Hall–Kier alpha value is -2.11. The first-order valence-electron chi connectivity index (χ1n) is 8.39. The van der Waals surface area contributed by atoms with Gasteiger partial charge >= 0.3 is 0 Å². The third kappa shape index (κ3) is 5.44. The zero-order valence-corrected chi connectivity index (χ0v) is 14.9. The lowest BCUT2D eigenvalue weighted by Crippen LogP contribution is -2.43. The predicted molar refractivity (Wildman–Crippen MR) is 102 cm³/mol. The fourth-order valence-corrected chi connectivity index (χ4v) is 2.85. The molecule has 134 valence electrons. The molecule has 0 saturated heterocycles. The Kier molecular flexibility index (Phi) is 6.79. The molecule has 2 aromatic carbocycles.